The van der Waals surface area contributed by atoms with Crippen LogP contribution in [-0.4, -0.2) is 44.5 Å². The zero-order valence-corrected chi connectivity index (χ0v) is 12.4. The SMILES string of the molecule is COCCC1(CNCCOc2ccc(C(=O)O)cc2)CC1. The first-order chi connectivity index (χ1) is 10.2. The average Bonchev–Trinajstić information content (AvgIpc) is 3.26. The Morgan fingerprint density at radius 1 is 1.29 bits per heavy atom. The Labute approximate surface area is 125 Å². The number of ether oxygens (including phenoxy) is 2. The number of methoxy groups -OCH3 is 1. The van der Waals surface area contributed by atoms with Crippen LogP contribution in [0.4, 0.5) is 0 Å². The van der Waals surface area contributed by atoms with Crippen LogP contribution in [0.2, 0.25) is 0 Å². The van der Waals surface area contributed by atoms with Crippen LogP contribution in [-0.2, 0) is 4.74 Å². The Morgan fingerprint density at radius 3 is 2.57 bits per heavy atom. The monoisotopic (exact) mass is 293 g/mol. The van der Waals surface area contributed by atoms with E-state index >= 15 is 0 Å². The van der Waals surface area contributed by atoms with Crippen LogP contribution in [0.25, 0.3) is 0 Å². The summed E-state index contributed by atoms with van der Waals surface area (Å²) in [5, 5.41) is 12.2. The molecule has 1 aliphatic rings. The van der Waals surface area contributed by atoms with Crippen LogP contribution in [0, 0.1) is 5.41 Å². The molecule has 0 bridgehead atoms. The Balaban J connectivity index is 1.60. The summed E-state index contributed by atoms with van der Waals surface area (Å²) in [5.74, 6) is -0.226. The molecule has 21 heavy (non-hydrogen) atoms. The minimum absolute atomic E-state index is 0.272. The zero-order valence-electron chi connectivity index (χ0n) is 12.4. The van der Waals surface area contributed by atoms with Gasteiger partial charge in [0, 0.05) is 26.8 Å². The van der Waals surface area contributed by atoms with E-state index < -0.39 is 5.97 Å². The van der Waals surface area contributed by atoms with Crippen LogP contribution in [0.3, 0.4) is 0 Å². The summed E-state index contributed by atoms with van der Waals surface area (Å²) in [6, 6.07) is 6.47. The molecule has 0 atom stereocenters. The normalized spacial score (nSPS) is 15.7. The Kier molecular flexibility index (Phi) is 5.59. The smallest absolute Gasteiger partial charge is 0.335 e. The molecule has 0 radical (unpaired) electrons. The summed E-state index contributed by atoms with van der Waals surface area (Å²) in [4.78, 5) is 10.7. The summed E-state index contributed by atoms with van der Waals surface area (Å²) in [6.07, 6.45) is 3.68. The van der Waals surface area contributed by atoms with Crippen LogP contribution in [0.1, 0.15) is 29.6 Å². The molecular formula is C16H23NO4. The molecule has 0 spiro atoms. The third-order valence-electron chi connectivity index (χ3n) is 3.94. The van der Waals surface area contributed by atoms with Crippen molar-refractivity contribution in [2.75, 3.05) is 33.4 Å². The van der Waals surface area contributed by atoms with Gasteiger partial charge in [0.05, 0.1) is 5.56 Å². The highest BCUT2D eigenvalue weighted by Gasteiger charge is 2.41. The van der Waals surface area contributed by atoms with Crippen molar-refractivity contribution in [3.05, 3.63) is 29.8 Å². The summed E-state index contributed by atoms with van der Waals surface area (Å²) in [5.41, 5.74) is 0.716. The third-order valence-corrected chi connectivity index (χ3v) is 3.94. The predicted molar refractivity (Wildman–Crippen MR) is 79.9 cm³/mol. The number of carboxylic acid groups (broad SMARTS) is 1. The van der Waals surface area contributed by atoms with Gasteiger partial charge in [0.25, 0.3) is 0 Å². The lowest BCUT2D eigenvalue weighted by molar-refractivity contribution is 0.0697. The number of rotatable bonds is 10. The molecule has 1 aromatic rings. The fourth-order valence-corrected chi connectivity index (χ4v) is 2.30. The predicted octanol–water partition coefficient (Wildman–Crippen LogP) is 2.17. The molecule has 0 unspecified atom stereocenters. The van der Waals surface area contributed by atoms with Crippen molar-refractivity contribution >= 4 is 5.97 Å². The molecule has 0 aromatic heterocycles. The van der Waals surface area contributed by atoms with E-state index in [-0.39, 0.29) is 5.56 Å². The largest absolute Gasteiger partial charge is 0.492 e. The van der Waals surface area contributed by atoms with Gasteiger partial charge in [-0.25, -0.2) is 4.79 Å². The average molecular weight is 293 g/mol. The summed E-state index contributed by atoms with van der Waals surface area (Å²) in [6.45, 7) is 3.20. The highest BCUT2D eigenvalue weighted by atomic mass is 16.5. The highest BCUT2D eigenvalue weighted by Crippen LogP contribution is 2.48. The van der Waals surface area contributed by atoms with E-state index in [0.717, 1.165) is 26.1 Å². The second-order valence-electron chi connectivity index (χ2n) is 5.60. The van der Waals surface area contributed by atoms with E-state index in [2.05, 4.69) is 5.32 Å². The fourth-order valence-electron chi connectivity index (χ4n) is 2.30. The molecule has 5 nitrogen and oxygen atoms in total. The van der Waals surface area contributed by atoms with Gasteiger partial charge in [-0.1, -0.05) is 0 Å². The number of hydrogen-bond donors (Lipinski definition) is 2. The maximum absolute atomic E-state index is 10.7. The van der Waals surface area contributed by atoms with Gasteiger partial charge < -0.3 is 19.9 Å². The van der Waals surface area contributed by atoms with E-state index in [1.807, 2.05) is 0 Å². The van der Waals surface area contributed by atoms with Crippen molar-refractivity contribution in [3.8, 4) is 5.75 Å². The highest BCUT2D eigenvalue weighted by molar-refractivity contribution is 5.87. The molecule has 0 saturated heterocycles. The second kappa shape index (κ2) is 7.43. The van der Waals surface area contributed by atoms with Crippen molar-refractivity contribution in [1.82, 2.24) is 5.32 Å². The van der Waals surface area contributed by atoms with Crippen LogP contribution in [0.5, 0.6) is 5.75 Å². The van der Waals surface area contributed by atoms with Crippen LogP contribution in [0.15, 0.2) is 24.3 Å². The van der Waals surface area contributed by atoms with Crippen LogP contribution >= 0.6 is 0 Å². The number of carboxylic acids is 1. The van der Waals surface area contributed by atoms with Crippen LogP contribution < -0.4 is 10.1 Å². The minimum Gasteiger partial charge on any atom is -0.492 e. The lowest BCUT2D eigenvalue weighted by atomic mass is 10.0. The third kappa shape index (κ3) is 5.02. The number of carbonyl (C=O) groups is 1. The molecule has 0 amide bonds. The van der Waals surface area contributed by atoms with E-state index in [1.165, 1.54) is 12.8 Å². The van der Waals surface area contributed by atoms with Gasteiger partial charge >= 0.3 is 5.97 Å². The lowest BCUT2D eigenvalue weighted by Crippen LogP contribution is -2.28. The fraction of sp³-hybridized carbons (Fsp3) is 0.562. The lowest BCUT2D eigenvalue weighted by Gasteiger charge is -2.15. The molecule has 2 N–H and O–H groups in total. The summed E-state index contributed by atoms with van der Waals surface area (Å²) < 4.78 is 10.7. The molecule has 5 heteroatoms. The van der Waals surface area contributed by atoms with E-state index in [9.17, 15) is 4.79 Å². The maximum atomic E-state index is 10.7. The summed E-state index contributed by atoms with van der Waals surface area (Å²) >= 11 is 0. The van der Waals surface area contributed by atoms with Gasteiger partial charge in [-0.05, 0) is 48.9 Å². The molecular weight excluding hydrogens is 270 g/mol. The molecule has 1 aromatic carbocycles. The van der Waals surface area contributed by atoms with Crippen molar-refractivity contribution in [1.29, 1.82) is 0 Å². The first-order valence-electron chi connectivity index (χ1n) is 7.31. The van der Waals surface area contributed by atoms with E-state index in [1.54, 1.807) is 31.4 Å². The minimum atomic E-state index is -0.922. The van der Waals surface area contributed by atoms with Crippen molar-refractivity contribution in [2.45, 2.75) is 19.3 Å². The number of hydrogen-bond acceptors (Lipinski definition) is 4. The van der Waals surface area contributed by atoms with Gasteiger partial charge in [0.1, 0.15) is 12.4 Å². The Bertz CT molecular complexity index is 454. The van der Waals surface area contributed by atoms with E-state index in [4.69, 9.17) is 14.6 Å². The number of nitrogens with one attached hydrogen (secondary N) is 1. The topological polar surface area (TPSA) is 67.8 Å². The van der Waals surface area contributed by atoms with Crippen molar-refractivity contribution < 1.29 is 19.4 Å². The molecule has 0 heterocycles. The van der Waals surface area contributed by atoms with Gasteiger partial charge in [-0.2, -0.15) is 0 Å². The molecule has 1 aliphatic carbocycles. The Hall–Kier alpha value is -1.59. The van der Waals surface area contributed by atoms with Gasteiger partial charge in [0.15, 0.2) is 0 Å². The van der Waals surface area contributed by atoms with Gasteiger partial charge in [-0.3, -0.25) is 0 Å². The molecule has 116 valence electrons. The first-order valence-corrected chi connectivity index (χ1v) is 7.31. The summed E-state index contributed by atoms with van der Waals surface area (Å²) in [7, 11) is 1.74. The standard InChI is InChI=1S/C16H23NO4/c1-20-10-8-16(6-7-16)12-17-9-11-21-14-4-2-13(3-5-14)15(18)19/h2-5,17H,6-12H2,1H3,(H,18,19). The molecule has 2 rings (SSSR count). The van der Waals surface area contributed by atoms with Gasteiger partial charge in [0.2, 0.25) is 0 Å². The molecule has 1 saturated carbocycles. The number of aromatic carboxylic acids is 1. The van der Waals surface area contributed by atoms with Crippen molar-refractivity contribution in [3.63, 3.8) is 0 Å². The quantitative estimate of drug-likeness (QED) is 0.647. The first kappa shape index (κ1) is 15.8. The molecule has 1 fully saturated rings. The zero-order chi connectivity index (χ0) is 15.1. The maximum Gasteiger partial charge on any atom is 0.335 e. The molecule has 0 aliphatic heterocycles. The van der Waals surface area contributed by atoms with E-state index in [0.29, 0.717) is 17.8 Å². The Morgan fingerprint density at radius 2 is 2.00 bits per heavy atom. The van der Waals surface area contributed by atoms with Crippen molar-refractivity contribution in [2.24, 2.45) is 5.41 Å². The second-order valence-corrected chi connectivity index (χ2v) is 5.60. The number of benzene rings is 1. The van der Waals surface area contributed by atoms with Gasteiger partial charge in [-0.15, -0.1) is 0 Å².